The van der Waals surface area contributed by atoms with E-state index in [4.69, 9.17) is 26.8 Å². The van der Waals surface area contributed by atoms with E-state index in [0.29, 0.717) is 43.3 Å². The average molecular weight is 796 g/mol. The molecule has 56 heavy (non-hydrogen) atoms. The van der Waals surface area contributed by atoms with E-state index in [1.54, 1.807) is 0 Å². The molecule has 2 aromatic rings. The van der Waals surface area contributed by atoms with E-state index in [1.165, 1.54) is 76.2 Å². The first kappa shape index (κ1) is 45.2. The number of amides is 1. The van der Waals surface area contributed by atoms with Gasteiger partial charge in [0.15, 0.2) is 5.41 Å². The van der Waals surface area contributed by atoms with Crippen LogP contribution in [0.1, 0.15) is 153 Å². The molecule has 5 N–H and O–H groups in total. The predicted molar refractivity (Wildman–Crippen MR) is 220 cm³/mol. The fraction of sp³-hybridized carbons (Fsp3) is 0.644. The van der Waals surface area contributed by atoms with Gasteiger partial charge in [0.05, 0.1) is 11.6 Å². The Kier molecular flexibility index (Phi) is 18.6. The number of aliphatic carboxylic acids is 1. The first-order chi connectivity index (χ1) is 27.0. The van der Waals surface area contributed by atoms with Gasteiger partial charge in [-0.05, 0) is 86.6 Å². The second-order valence-corrected chi connectivity index (χ2v) is 16.6. The van der Waals surface area contributed by atoms with E-state index in [-0.39, 0.29) is 37.8 Å². The van der Waals surface area contributed by atoms with Gasteiger partial charge in [-0.2, -0.15) is 0 Å². The van der Waals surface area contributed by atoms with Gasteiger partial charge in [0, 0.05) is 25.2 Å². The van der Waals surface area contributed by atoms with E-state index in [9.17, 15) is 24.3 Å². The minimum atomic E-state index is -1.92. The number of benzene rings is 2. The molecule has 2 fully saturated rings. The Morgan fingerprint density at radius 1 is 0.714 bits per heavy atom. The maximum atomic E-state index is 13.6. The van der Waals surface area contributed by atoms with Crippen LogP contribution in [0.4, 0.5) is 0 Å². The number of unbranched alkanes of at least 4 members (excludes halogenated alkanes) is 11. The Hall–Kier alpha value is -3.47. The van der Waals surface area contributed by atoms with E-state index >= 15 is 0 Å². The summed E-state index contributed by atoms with van der Waals surface area (Å²) in [6, 6.07) is 13.5. The van der Waals surface area contributed by atoms with Crippen molar-refractivity contribution in [3.05, 3.63) is 64.2 Å². The second kappa shape index (κ2) is 23.1. The molecule has 310 valence electrons. The second-order valence-electron chi connectivity index (χ2n) is 16.2. The molecule has 4 atom stereocenters. The number of esters is 2. The van der Waals surface area contributed by atoms with Crippen molar-refractivity contribution in [2.75, 3.05) is 6.61 Å². The number of carboxylic acid groups (broad SMARTS) is 1. The number of nitrogens with two attached hydrogens (primary N) is 1. The van der Waals surface area contributed by atoms with E-state index in [0.717, 1.165) is 30.4 Å². The van der Waals surface area contributed by atoms with Crippen molar-refractivity contribution < 1.29 is 33.8 Å². The zero-order valence-electron chi connectivity index (χ0n) is 33.8. The third-order valence-electron chi connectivity index (χ3n) is 11.9. The molecule has 4 unspecified atom stereocenters. The van der Waals surface area contributed by atoms with Gasteiger partial charge in [-0.3, -0.25) is 19.2 Å². The van der Waals surface area contributed by atoms with Gasteiger partial charge in [-0.1, -0.05) is 126 Å². The van der Waals surface area contributed by atoms with E-state index < -0.39 is 34.6 Å². The summed E-state index contributed by atoms with van der Waals surface area (Å²) < 4.78 is 11.2. The van der Waals surface area contributed by atoms with Crippen LogP contribution < -0.4 is 21.1 Å². The van der Waals surface area contributed by atoms with Crippen LogP contribution in [0.25, 0.3) is 0 Å². The number of carbonyl (C=O) groups excluding carboxylic acids is 3. The highest BCUT2D eigenvalue weighted by atomic mass is 35.5. The molecule has 1 amide bonds. The maximum absolute atomic E-state index is 13.6. The Balaban J connectivity index is 1.23. The zero-order valence-corrected chi connectivity index (χ0v) is 34.6. The fourth-order valence-corrected chi connectivity index (χ4v) is 8.42. The lowest BCUT2D eigenvalue weighted by Gasteiger charge is -2.27. The standard InChI is InChI=1S/C45H66ClN3O7/c1-3-5-7-9-11-12-14-16-33-17-19-34(20-18-33)31-48-36-23-25-44(29-36,40(47)50)42(53)56-43(54)45(41(51)52)26-24-37(30-45)49-32-35-21-22-39(38(46)28-35)55-27-15-13-10-8-6-4-2/h17-22,28,36-37,48-49H,3-16,23-27,29-32H2,1-2H3,(H2,47,50)(H,51,52). The van der Waals surface area contributed by atoms with Gasteiger partial charge < -0.3 is 30.9 Å². The monoisotopic (exact) mass is 795 g/mol. The van der Waals surface area contributed by atoms with Crippen molar-refractivity contribution in [1.29, 1.82) is 0 Å². The first-order valence-electron chi connectivity index (χ1n) is 21.3. The van der Waals surface area contributed by atoms with Gasteiger partial charge in [-0.15, -0.1) is 0 Å². The molecular formula is C45H66ClN3O7. The summed E-state index contributed by atoms with van der Waals surface area (Å²) in [4.78, 5) is 52.4. The van der Waals surface area contributed by atoms with Crippen LogP contribution in [0.3, 0.4) is 0 Å². The SMILES string of the molecule is CCCCCCCCCc1ccc(CNC2CCC(C(N)=O)(C(=O)OC(=O)C3(C(=O)O)CCC(NCc4ccc(OCCCCCCCC)c(Cl)c4)C3)C2)cc1. The Morgan fingerprint density at radius 3 is 1.80 bits per heavy atom. The van der Waals surface area contributed by atoms with Gasteiger partial charge in [0.25, 0.3) is 0 Å². The van der Waals surface area contributed by atoms with Gasteiger partial charge in [0.1, 0.15) is 11.2 Å². The molecule has 2 aliphatic rings. The number of nitrogens with one attached hydrogen (secondary N) is 2. The van der Waals surface area contributed by atoms with Crippen molar-refractivity contribution >= 4 is 35.4 Å². The Labute approximate surface area is 339 Å². The van der Waals surface area contributed by atoms with E-state index in [1.807, 2.05) is 18.2 Å². The van der Waals surface area contributed by atoms with Crippen LogP contribution in [0.2, 0.25) is 5.02 Å². The van der Waals surface area contributed by atoms with Crippen LogP contribution in [0, 0.1) is 10.8 Å². The van der Waals surface area contributed by atoms with Gasteiger partial charge in [-0.25, -0.2) is 0 Å². The van der Waals surface area contributed by atoms with E-state index in [2.05, 4.69) is 48.7 Å². The number of aryl methyl sites for hydroxylation is 1. The third kappa shape index (κ3) is 13.0. The lowest BCUT2D eigenvalue weighted by molar-refractivity contribution is -0.179. The molecule has 0 radical (unpaired) electrons. The summed E-state index contributed by atoms with van der Waals surface area (Å²) in [7, 11) is 0. The van der Waals surface area contributed by atoms with Crippen molar-refractivity contribution in [1.82, 2.24) is 10.6 Å². The molecule has 0 aliphatic heterocycles. The van der Waals surface area contributed by atoms with Crippen LogP contribution in [0.15, 0.2) is 42.5 Å². The Bertz CT molecular complexity index is 1570. The van der Waals surface area contributed by atoms with Crippen molar-refractivity contribution in [2.24, 2.45) is 16.6 Å². The zero-order chi connectivity index (χ0) is 40.4. The number of carboxylic acids is 1. The van der Waals surface area contributed by atoms with Crippen LogP contribution in [0.5, 0.6) is 5.75 Å². The van der Waals surface area contributed by atoms with Gasteiger partial charge >= 0.3 is 17.9 Å². The van der Waals surface area contributed by atoms with Crippen molar-refractivity contribution in [3.63, 3.8) is 0 Å². The minimum Gasteiger partial charge on any atom is -0.492 e. The molecule has 0 bridgehead atoms. The molecule has 4 rings (SSSR count). The summed E-state index contributed by atoms with van der Waals surface area (Å²) in [5.41, 5.74) is 5.43. The summed E-state index contributed by atoms with van der Waals surface area (Å²) in [5.74, 6) is -3.83. The highest BCUT2D eigenvalue weighted by molar-refractivity contribution is 6.32. The molecule has 2 saturated carbocycles. The van der Waals surface area contributed by atoms with Gasteiger partial charge in [0.2, 0.25) is 5.91 Å². The van der Waals surface area contributed by atoms with Crippen LogP contribution in [-0.2, 0) is 43.4 Å². The number of rotatable bonds is 26. The van der Waals surface area contributed by atoms with Crippen LogP contribution >= 0.6 is 11.6 Å². The summed E-state index contributed by atoms with van der Waals surface area (Å²) >= 11 is 6.50. The lowest BCUT2D eigenvalue weighted by Crippen LogP contribution is -2.48. The number of hydrogen-bond donors (Lipinski definition) is 4. The molecule has 0 saturated heterocycles. The molecule has 2 aliphatic carbocycles. The minimum absolute atomic E-state index is 0.0102. The predicted octanol–water partition coefficient (Wildman–Crippen LogP) is 8.97. The first-order valence-corrected chi connectivity index (χ1v) is 21.7. The number of primary amides is 1. The Morgan fingerprint density at radius 2 is 1.21 bits per heavy atom. The molecule has 0 spiro atoms. The normalized spacial score (nSPS) is 21.9. The number of carbonyl (C=O) groups is 4. The maximum Gasteiger partial charge on any atom is 0.331 e. The quantitative estimate of drug-likeness (QED) is 0.0415. The molecule has 0 heterocycles. The summed E-state index contributed by atoms with van der Waals surface area (Å²) in [6.45, 7) is 5.98. The summed E-state index contributed by atoms with van der Waals surface area (Å²) in [6.07, 6.45) is 18.0. The summed E-state index contributed by atoms with van der Waals surface area (Å²) in [5, 5.41) is 17.5. The lowest BCUT2D eigenvalue weighted by atomic mass is 9.83. The van der Waals surface area contributed by atoms with Crippen molar-refractivity contribution in [3.8, 4) is 5.75 Å². The topological polar surface area (TPSA) is 157 Å². The van der Waals surface area contributed by atoms with Crippen LogP contribution in [-0.4, -0.2) is 47.6 Å². The molecule has 2 aromatic carbocycles. The van der Waals surface area contributed by atoms with Crippen molar-refractivity contribution in [2.45, 2.75) is 167 Å². The molecule has 10 nitrogen and oxygen atoms in total. The number of halogens is 1. The molecular weight excluding hydrogens is 730 g/mol. The molecule has 0 aromatic heterocycles. The fourth-order valence-electron chi connectivity index (χ4n) is 8.17. The molecule has 11 heteroatoms. The highest BCUT2D eigenvalue weighted by Gasteiger charge is 2.57. The highest BCUT2D eigenvalue weighted by Crippen LogP contribution is 2.43. The smallest absolute Gasteiger partial charge is 0.331 e. The largest absolute Gasteiger partial charge is 0.492 e. The number of ether oxygens (including phenoxy) is 2. The number of hydrogen-bond acceptors (Lipinski definition) is 8. The average Bonchev–Trinajstić information content (AvgIpc) is 3.84. The third-order valence-corrected chi connectivity index (χ3v) is 12.2.